The Morgan fingerprint density at radius 2 is 2.17 bits per heavy atom. The summed E-state index contributed by atoms with van der Waals surface area (Å²) in [7, 11) is 0. The molecule has 0 heterocycles. The van der Waals surface area contributed by atoms with Crippen LogP contribution in [0.2, 0.25) is 0 Å². The first-order valence-corrected chi connectivity index (χ1v) is 5.48. The van der Waals surface area contributed by atoms with Crippen LogP contribution in [0.5, 0.6) is 0 Å². The molecule has 0 aromatic carbocycles. The molecule has 1 aliphatic carbocycles. The zero-order valence-corrected chi connectivity index (χ0v) is 9.72. The van der Waals surface area contributed by atoms with Gasteiger partial charge in [-0.2, -0.15) is 0 Å². The summed E-state index contributed by atoms with van der Waals surface area (Å²) < 4.78 is 4.84. The summed E-state index contributed by atoms with van der Waals surface area (Å²) in [4.78, 5) is 20.9. The van der Waals surface area contributed by atoms with E-state index >= 15 is 0 Å². The van der Waals surface area contributed by atoms with Crippen molar-refractivity contribution in [2.24, 2.45) is 5.73 Å². The summed E-state index contributed by atoms with van der Waals surface area (Å²) in [5.74, 6) is -0.292. The highest BCUT2D eigenvalue weighted by molar-refractivity contribution is 5.74. The van der Waals surface area contributed by atoms with Crippen molar-refractivity contribution in [2.45, 2.75) is 37.3 Å². The van der Waals surface area contributed by atoms with Crippen molar-refractivity contribution in [1.82, 2.24) is 5.32 Å². The predicted octanol–water partition coefficient (Wildman–Crippen LogP) is 0.122. The number of nitrogens with two attached hydrogens (primary N) is 1. The molecule has 102 valence electrons. The van der Waals surface area contributed by atoms with Gasteiger partial charge in [0.05, 0.1) is 6.54 Å². The molecule has 0 radical (unpaired) electrons. The SMILES string of the molecule is N=C(N)NC[C@]1(OC(=O)O)CC[C@H]([N+](=O)[O-])CC1. The molecule has 0 bridgehead atoms. The van der Waals surface area contributed by atoms with Gasteiger partial charge in [-0.05, 0) is 12.8 Å². The molecule has 1 rings (SSSR count). The minimum atomic E-state index is -1.43. The number of rotatable bonds is 4. The minimum absolute atomic E-state index is 0.0546. The van der Waals surface area contributed by atoms with Crippen molar-refractivity contribution in [2.75, 3.05) is 6.54 Å². The lowest BCUT2D eigenvalue weighted by atomic mass is 9.82. The van der Waals surface area contributed by atoms with Gasteiger partial charge in [-0.3, -0.25) is 15.5 Å². The molecule has 0 aromatic rings. The van der Waals surface area contributed by atoms with E-state index in [0.717, 1.165) is 0 Å². The van der Waals surface area contributed by atoms with E-state index in [-0.39, 0.29) is 43.1 Å². The van der Waals surface area contributed by atoms with E-state index < -0.39 is 17.8 Å². The molecule has 0 aliphatic heterocycles. The van der Waals surface area contributed by atoms with Gasteiger partial charge in [-0.1, -0.05) is 0 Å². The van der Waals surface area contributed by atoms with Crippen LogP contribution in [0.4, 0.5) is 4.79 Å². The first-order valence-electron chi connectivity index (χ1n) is 5.48. The van der Waals surface area contributed by atoms with Crippen molar-refractivity contribution >= 4 is 12.1 Å². The second-order valence-corrected chi connectivity index (χ2v) is 4.33. The average Bonchev–Trinajstić information content (AvgIpc) is 2.26. The Kier molecular flexibility index (Phi) is 4.29. The number of nitro groups is 1. The lowest BCUT2D eigenvalue weighted by molar-refractivity contribution is -0.528. The summed E-state index contributed by atoms with van der Waals surface area (Å²) in [6, 6.07) is -0.659. The first-order chi connectivity index (χ1) is 8.34. The number of hydrogen-bond acceptors (Lipinski definition) is 5. The van der Waals surface area contributed by atoms with Gasteiger partial charge in [0, 0.05) is 17.8 Å². The average molecular weight is 260 g/mol. The Hall–Kier alpha value is -2.06. The van der Waals surface area contributed by atoms with Gasteiger partial charge < -0.3 is 20.9 Å². The number of nitrogens with one attached hydrogen (secondary N) is 2. The maximum atomic E-state index is 10.7. The number of nitrogens with zero attached hydrogens (tertiary/aromatic N) is 1. The standard InChI is InChI=1S/C9H16N4O5/c10-7(11)12-5-9(18-8(14)15)3-1-6(2-4-9)13(16)17/h6H,1-5H2,(H,14,15)(H4,10,11,12)/t6-,9-. The lowest BCUT2D eigenvalue weighted by Crippen LogP contribution is -2.51. The molecule has 1 saturated carbocycles. The van der Waals surface area contributed by atoms with E-state index in [4.69, 9.17) is 21.0 Å². The van der Waals surface area contributed by atoms with Crippen molar-refractivity contribution in [3.05, 3.63) is 10.1 Å². The van der Waals surface area contributed by atoms with Crippen molar-refractivity contribution < 1.29 is 19.6 Å². The second kappa shape index (κ2) is 5.52. The molecule has 0 amide bonds. The fraction of sp³-hybridized carbons (Fsp3) is 0.778. The monoisotopic (exact) mass is 260 g/mol. The van der Waals surface area contributed by atoms with Gasteiger partial charge in [0.15, 0.2) is 5.96 Å². The fourth-order valence-corrected chi connectivity index (χ4v) is 2.10. The highest BCUT2D eigenvalue weighted by Gasteiger charge is 2.42. The number of carbonyl (C=O) groups is 1. The maximum absolute atomic E-state index is 10.7. The molecule has 1 fully saturated rings. The van der Waals surface area contributed by atoms with E-state index in [1.807, 2.05) is 0 Å². The third-order valence-corrected chi connectivity index (χ3v) is 3.07. The van der Waals surface area contributed by atoms with Crippen LogP contribution in [0.25, 0.3) is 0 Å². The number of ether oxygens (including phenoxy) is 1. The van der Waals surface area contributed by atoms with Crippen molar-refractivity contribution in [1.29, 1.82) is 5.41 Å². The van der Waals surface area contributed by atoms with Crippen LogP contribution in [0.3, 0.4) is 0 Å². The first kappa shape index (κ1) is 14.0. The molecule has 0 unspecified atom stereocenters. The Morgan fingerprint density at radius 1 is 1.61 bits per heavy atom. The van der Waals surface area contributed by atoms with Crippen LogP contribution in [0.15, 0.2) is 0 Å². The second-order valence-electron chi connectivity index (χ2n) is 4.33. The van der Waals surface area contributed by atoms with Gasteiger partial charge in [0.25, 0.3) is 0 Å². The van der Waals surface area contributed by atoms with Crippen molar-refractivity contribution in [3.8, 4) is 0 Å². The summed E-state index contributed by atoms with van der Waals surface area (Å²) in [5, 5.41) is 28.9. The highest BCUT2D eigenvalue weighted by Crippen LogP contribution is 2.32. The third-order valence-electron chi connectivity index (χ3n) is 3.07. The molecule has 9 heteroatoms. The largest absolute Gasteiger partial charge is 0.506 e. The number of hydrogen-bond donors (Lipinski definition) is 4. The Morgan fingerprint density at radius 3 is 2.56 bits per heavy atom. The Labute approximate surface area is 103 Å². The van der Waals surface area contributed by atoms with E-state index in [1.165, 1.54) is 0 Å². The van der Waals surface area contributed by atoms with E-state index in [0.29, 0.717) is 0 Å². The van der Waals surface area contributed by atoms with Crippen LogP contribution in [-0.2, 0) is 4.74 Å². The molecule has 5 N–H and O–H groups in total. The van der Waals surface area contributed by atoms with Crippen LogP contribution >= 0.6 is 0 Å². The van der Waals surface area contributed by atoms with Crippen molar-refractivity contribution in [3.63, 3.8) is 0 Å². The normalized spacial score (nSPS) is 27.2. The molecule has 9 nitrogen and oxygen atoms in total. The molecule has 1 aliphatic rings. The predicted molar refractivity (Wildman–Crippen MR) is 61.0 cm³/mol. The highest BCUT2D eigenvalue weighted by atomic mass is 16.7. The van der Waals surface area contributed by atoms with E-state index in [2.05, 4.69) is 5.32 Å². The van der Waals surface area contributed by atoms with Gasteiger partial charge in [0.2, 0.25) is 6.04 Å². The molecule has 0 saturated heterocycles. The van der Waals surface area contributed by atoms with Crippen LogP contribution in [0.1, 0.15) is 25.7 Å². The topological polar surface area (TPSA) is 152 Å². The summed E-state index contributed by atoms with van der Waals surface area (Å²) in [5.41, 5.74) is 4.10. The minimum Gasteiger partial charge on any atom is -0.450 e. The van der Waals surface area contributed by atoms with Gasteiger partial charge >= 0.3 is 6.16 Å². The van der Waals surface area contributed by atoms with E-state index in [1.54, 1.807) is 0 Å². The zero-order chi connectivity index (χ0) is 13.8. The quantitative estimate of drug-likeness (QED) is 0.184. The molecule has 0 aromatic heterocycles. The lowest BCUT2D eigenvalue weighted by Gasteiger charge is -2.36. The molecule has 0 atom stereocenters. The van der Waals surface area contributed by atoms with Crippen LogP contribution < -0.4 is 11.1 Å². The van der Waals surface area contributed by atoms with Gasteiger partial charge in [0.1, 0.15) is 5.60 Å². The number of carboxylic acid groups (broad SMARTS) is 1. The molecular formula is C9H16N4O5. The molecular weight excluding hydrogens is 244 g/mol. The van der Waals surface area contributed by atoms with Gasteiger partial charge in [-0.25, -0.2) is 4.79 Å². The summed E-state index contributed by atoms with van der Waals surface area (Å²) in [6.45, 7) is 0.0546. The fourth-order valence-electron chi connectivity index (χ4n) is 2.10. The third kappa shape index (κ3) is 3.75. The Bertz CT molecular complexity index is 351. The van der Waals surface area contributed by atoms with Crippen LogP contribution in [-0.4, -0.2) is 40.3 Å². The smallest absolute Gasteiger partial charge is 0.450 e. The van der Waals surface area contributed by atoms with Crippen LogP contribution in [0, 0.1) is 15.5 Å². The Balaban J connectivity index is 2.66. The van der Waals surface area contributed by atoms with Gasteiger partial charge in [-0.15, -0.1) is 0 Å². The zero-order valence-electron chi connectivity index (χ0n) is 9.72. The summed E-state index contributed by atoms with van der Waals surface area (Å²) >= 11 is 0. The molecule has 18 heavy (non-hydrogen) atoms. The summed E-state index contributed by atoms with van der Waals surface area (Å²) in [6.07, 6.45) is -0.448. The van der Waals surface area contributed by atoms with E-state index in [9.17, 15) is 14.9 Å². The molecule has 0 spiro atoms. The number of guanidine groups is 1. The maximum Gasteiger partial charge on any atom is 0.506 e.